The number of aromatic nitrogens is 2. The molecule has 2 unspecified atom stereocenters. The fraction of sp³-hybridized carbons (Fsp3) is 0.645. The molecule has 2 N–H and O–H groups in total. The molecule has 1 amide bonds. The number of carbonyl (C=O) groups is 1. The molecule has 12 nitrogen and oxygen atoms in total. The molecular weight excluding hydrogens is 586 g/mol. The molecule has 13 heteroatoms. The predicted molar refractivity (Wildman–Crippen MR) is 165 cm³/mol. The van der Waals surface area contributed by atoms with Crippen molar-refractivity contribution in [2.45, 2.75) is 82.8 Å². The van der Waals surface area contributed by atoms with Crippen LogP contribution in [0.5, 0.6) is 6.01 Å². The van der Waals surface area contributed by atoms with Crippen molar-refractivity contribution in [1.82, 2.24) is 20.2 Å². The van der Waals surface area contributed by atoms with Crippen molar-refractivity contribution in [3.8, 4) is 6.01 Å². The van der Waals surface area contributed by atoms with Crippen molar-refractivity contribution in [2.75, 3.05) is 51.5 Å². The predicted octanol–water partition coefficient (Wildman–Crippen LogP) is 3.15. The second-order valence-corrected chi connectivity index (χ2v) is 13.6. The first kappa shape index (κ1) is 32.6. The van der Waals surface area contributed by atoms with E-state index in [1.165, 1.54) is 11.1 Å². The van der Waals surface area contributed by atoms with E-state index in [0.29, 0.717) is 56.2 Å². The Morgan fingerprint density at radius 3 is 2.50 bits per heavy atom. The van der Waals surface area contributed by atoms with Gasteiger partial charge in [0.05, 0.1) is 19.0 Å². The molecule has 3 fully saturated rings. The highest BCUT2D eigenvalue weighted by atomic mass is 32.2. The van der Waals surface area contributed by atoms with Crippen LogP contribution in [0.3, 0.4) is 0 Å². The molecule has 0 aliphatic carbocycles. The first-order valence-corrected chi connectivity index (χ1v) is 17.3. The van der Waals surface area contributed by atoms with E-state index in [-0.39, 0.29) is 36.0 Å². The molecule has 0 bridgehead atoms. The number of nitrogens with one attached hydrogen (secondary N) is 2. The third kappa shape index (κ3) is 8.45. The summed E-state index contributed by atoms with van der Waals surface area (Å²) < 4.78 is 46.0. The van der Waals surface area contributed by atoms with Gasteiger partial charge in [-0.3, -0.25) is 4.79 Å². The largest absolute Gasteiger partial charge is 0.376 e. The summed E-state index contributed by atoms with van der Waals surface area (Å²) in [6.07, 6.45) is 5.77. The summed E-state index contributed by atoms with van der Waals surface area (Å²) in [5, 5.41) is 7.01. The maximum Gasteiger partial charge on any atom is 0.335 e. The van der Waals surface area contributed by atoms with Crippen LogP contribution in [0.4, 0.5) is 5.82 Å². The van der Waals surface area contributed by atoms with E-state index in [2.05, 4.69) is 45.7 Å². The summed E-state index contributed by atoms with van der Waals surface area (Å²) in [5.74, 6) is 0.464. The Morgan fingerprint density at radius 1 is 1.02 bits per heavy atom. The molecule has 4 atom stereocenters. The molecule has 5 rings (SSSR count). The van der Waals surface area contributed by atoms with E-state index >= 15 is 0 Å². The lowest BCUT2D eigenvalue weighted by atomic mass is 9.86. The van der Waals surface area contributed by atoms with Gasteiger partial charge in [0.2, 0.25) is 0 Å². The Balaban J connectivity index is 1.25. The van der Waals surface area contributed by atoms with E-state index < -0.39 is 10.1 Å². The molecule has 0 radical (unpaired) electrons. The summed E-state index contributed by atoms with van der Waals surface area (Å²) in [4.78, 5) is 24.1. The molecule has 0 saturated carbocycles. The van der Waals surface area contributed by atoms with Crippen LogP contribution in [-0.2, 0) is 24.3 Å². The zero-order valence-corrected chi connectivity index (χ0v) is 26.9. The molecule has 3 aliphatic heterocycles. The van der Waals surface area contributed by atoms with Crippen LogP contribution >= 0.6 is 0 Å². The van der Waals surface area contributed by atoms with Gasteiger partial charge >= 0.3 is 16.1 Å². The molecule has 3 saturated heterocycles. The van der Waals surface area contributed by atoms with Gasteiger partial charge in [0, 0.05) is 57.4 Å². The Bertz CT molecular complexity index is 1400. The van der Waals surface area contributed by atoms with E-state index in [4.69, 9.17) is 18.4 Å². The second kappa shape index (κ2) is 14.5. The molecule has 1 aromatic heterocycles. The van der Waals surface area contributed by atoms with Crippen LogP contribution in [0.25, 0.3) is 0 Å². The van der Waals surface area contributed by atoms with Gasteiger partial charge in [0.15, 0.2) is 6.29 Å². The maximum atomic E-state index is 13.7. The van der Waals surface area contributed by atoms with Crippen LogP contribution in [0.15, 0.2) is 24.3 Å². The molecule has 2 aromatic rings. The van der Waals surface area contributed by atoms with Gasteiger partial charge < -0.3 is 33.9 Å². The van der Waals surface area contributed by atoms with Crippen molar-refractivity contribution in [3.05, 3.63) is 46.6 Å². The van der Waals surface area contributed by atoms with Gasteiger partial charge in [-0.1, -0.05) is 24.3 Å². The number of methoxy groups -OCH3 is 1. The third-order valence-electron chi connectivity index (χ3n) is 8.81. The number of rotatable bonds is 10. The topological polar surface area (TPSA) is 141 Å². The molecule has 0 spiro atoms. The lowest BCUT2D eigenvalue weighted by Gasteiger charge is -2.37. The normalized spacial score (nSPS) is 25.0. The number of aryl methyl sites for hydroxylation is 1. The lowest BCUT2D eigenvalue weighted by Crippen LogP contribution is -2.50. The van der Waals surface area contributed by atoms with Gasteiger partial charge in [0.25, 0.3) is 5.91 Å². The highest BCUT2D eigenvalue weighted by molar-refractivity contribution is 7.86. The van der Waals surface area contributed by atoms with Crippen molar-refractivity contribution in [1.29, 1.82) is 0 Å². The third-order valence-corrected chi connectivity index (χ3v) is 9.26. The monoisotopic (exact) mass is 631 g/mol. The molecule has 44 heavy (non-hydrogen) atoms. The number of piperidine rings is 1. The highest BCUT2D eigenvalue weighted by Crippen LogP contribution is 2.32. The Morgan fingerprint density at radius 2 is 1.77 bits per heavy atom. The van der Waals surface area contributed by atoms with Crippen LogP contribution in [0.2, 0.25) is 0 Å². The maximum absolute atomic E-state index is 13.7. The van der Waals surface area contributed by atoms with Gasteiger partial charge in [0.1, 0.15) is 11.5 Å². The lowest BCUT2D eigenvalue weighted by molar-refractivity contribution is -0.152. The van der Waals surface area contributed by atoms with Crippen LogP contribution in [0.1, 0.15) is 71.6 Å². The van der Waals surface area contributed by atoms with Crippen molar-refractivity contribution >= 4 is 21.8 Å². The number of hydrogen-bond acceptors (Lipinski definition) is 11. The number of anilines is 1. The quantitative estimate of drug-likeness (QED) is 0.374. The molecular formula is C31H45N5O7S. The summed E-state index contributed by atoms with van der Waals surface area (Å²) in [5.41, 5.74) is 3.27. The van der Waals surface area contributed by atoms with Crippen molar-refractivity contribution < 1.29 is 31.6 Å². The summed E-state index contributed by atoms with van der Waals surface area (Å²) >= 11 is 0. The molecule has 3 aliphatic rings. The van der Waals surface area contributed by atoms with E-state index in [9.17, 15) is 13.2 Å². The number of benzene rings is 1. The minimum atomic E-state index is -3.91. The number of nitrogens with zero attached hydrogens (tertiary/aromatic N) is 3. The number of amides is 1. The molecule has 242 valence electrons. The standard InChI is InChI=1S/C31H45N5O7S/c1-20-7-5-6-8-26(20)22-11-15-41-25(17-22)19-32-29-21(2)28(34-31(35-29)43-44(4,38)39)30(37)36-13-9-23(10-14-36)33-24-12-16-42-27(18-24)40-3/h5-8,22-25,27,33H,9-19H2,1-4H3,(H,32,34,35)/t22?,24-,25?,27-/m1/s1. The number of ether oxygens (including phenoxy) is 3. The van der Waals surface area contributed by atoms with Crippen molar-refractivity contribution in [2.24, 2.45) is 0 Å². The molecule has 1 aromatic carbocycles. The zero-order valence-electron chi connectivity index (χ0n) is 26.1. The Kier molecular flexibility index (Phi) is 10.7. The average Bonchev–Trinajstić information content (AvgIpc) is 3.01. The van der Waals surface area contributed by atoms with Gasteiger partial charge in [-0.2, -0.15) is 18.4 Å². The van der Waals surface area contributed by atoms with Crippen molar-refractivity contribution in [3.63, 3.8) is 0 Å². The highest BCUT2D eigenvalue weighted by Gasteiger charge is 2.31. The SMILES string of the molecule is CO[C@H]1C[C@H](NC2CCN(C(=O)c3nc(OS(C)(=O)=O)nc(NCC4CC(c5ccccc5C)CCO4)c3C)CC2)CCO1. The summed E-state index contributed by atoms with van der Waals surface area (Å²) in [7, 11) is -2.25. The van der Waals surface area contributed by atoms with Gasteiger partial charge in [-0.25, -0.2) is 0 Å². The Hall–Kier alpha value is -2.84. The number of hydrogen-bond donors (Lipinski definition) is 2. The first-order chi connectivity index (χ1) is 21.1. The summed E-state index contributed by atoms with van der Waals surface area (Å²) in [6, 6.07) is 8.65. The Labute approximate surface area is 260 Å². The average molecular weight is 632 g/mol. The fourth-order valence-electron chi connectivity index (χ4n) is 6.42. The molecule has 4 heterocycles. The van der Waals surface area contributed by atoms with Crippen LogP contribution < -0.4 is 14.8 Å². The van der Waals surface area contributed by atoms with Crippen LogP contribution in [-0.4, -0.2) is 99.9 Å². The summed E-state index contributed by atoms with van der Waals surface area (Å²) in [6.45, 7) is 6.76. The number of likely N-dealkylation sites (tertiary alicyclic amines) is 1. The van der Waals surface area contributed by atoms with E-state index in [1.54, 1.807) is 18.9 Å². The second-order valence-electron chi connectivity index (χ2n) is 12.1. The van der Waals surface area contributed by atoms with Crippen LogP contribution in [0, 0.1) is 13.8 Å². The van der Waals surface area contributed by atoms with Gasteiger partial charge in [-0.05, 0) is 63.0 Å². The smallest absolute Gasteiger partial charge is 0.335 e. The minimum Gasteiger partial charge on any atom is -0.376 e. The van der Waals surface area contributed by atoms with Gasteiger partial charge in [-0.15, -0.1) is 0 Å². The van der Waals surface area contributed by atoms with E-state index in [0.717, 1.165) is 44.8 Å². The zero-order chi connectivity index (χ0) is 31.3. The fourth-order valence-corrected chi connectivity index (χ4v) is 6.76. The first-order valence-electron chi connectivity index (χ1n) is 15.5. The minimum absolute atomic E-state index is 0.0810. The van der Waals surface area contributed by atoms with E-state index in [1.807, 2.05) is 6.07 Å². The number of carbonyl (C=O) groups excluding carboxylic acids is 1.